The number of benzene rings is 1. The lowest BCUT2D eigenvalue weighted by molar-refractivity contribution is -0.274. The summed E-state index contributed by atoms with van der Waals surface area (Å²) in [5.41, 5.74) is 0. The van der Waals surface area contributed by atoms with Gasteiger partial charge < -0.3 is 9.47 Å². The maximum Gasteiger partial charge on any atom is 0.573 e. The van der Waals surface area contributed by atoms with Crippen LogP contribution in [0.2, 0.25) is 0 Å². The number of sulfonamides is 1. The fraction of sp³-hybridized carbons (Fsp3) is 0.538. The van der Waals surface area contributed by atoms with Crippen molar-refractivity contribution in [2.24, 2.45) is 0 Å². The van der Waals surface area contributed by atoms with Crippen LogP contribution >= 0.6 is 0 Å². The van der Waals surface area contributed by atoms with E-state index in [0.717, 1.165) is 30.7 Å². The molecule has 0 radical (unpaired) electrons. The topological polar surface area (TPSA) is 55.8 Å². The molecule has 1 aliphatic rings. The Labute approximate surface area is 126 Å². The van der Waals surface area contributed by atoms with Gasteiger partial charge in [-0.3, -0.25) is 0 Å². The molecule has 0 aromatic heterocycles. The van der Waals surface area contributed by atoms with E-state index in [4.69, 9.17) is 4.74 Å². The highest BCUT2D eigenvalue weighted by Gasteiger charge is 2.35. The number of hydrogen-bond acceptors (Lipinski definition) is 4. The first-order valence-electron chi connectivity index (χ1n) is 6.60. The zero-order valence-electron chi connectivity index (χ0n) is 11.8. The third kappa shape index (κ3) is 3.90. The van der Waals surface area contributed by atoms with Gasteiger partial charge in [0.2, 0.25) is 10.0 Å². The van der Waals surface area contributed by atoms with Gasteiger partial charge in [0, 0.05) is 19.7 Å². The van der Waals surface area contributed by atoms with Crippen LogP contribution in [0.3, 0.4) is 0 Å². The summed E-state index contributed by atoms with van der Waals surface area (Å²) < 4.78 is 71.4. The Bertz CT molecular complexity index is 601. The highest BCUT2D eigenvalue weighted by atomic mass is 32.2. The third-order valence-electron chi connectivity index (χ3n) is 3.35. The predicted octanol–water partition coefficient (Wildman–Crippen LogP) is 2.38. The lowest BCUT2D eigenvalue weighted by Crippen LogP contribution is -2.38. The van der Waals surface area contributed by atoms with E-state index in [1.807, 2.05) is 0 Å². The number of nitrogens with zero attached hydrogens (tertiary/aromatic N) is 1. The second kappa shape index (κ2) is 6.43. The molecule has 0 aliphatic carbocycles. The third-order valence-corrected chi connectivity index (χ3v) is 5.31. The smallest absolute Gasteiger partial charge is 0.406 e. The summed E-state index contributed by atoms with van der Waals surface area (Å²) in [5, 5.41) is 0. The lowest BCUT2D eigenvalue weighted by Gasteiger charge is -2.23. The van der Waals surface area contributed by atoms with E-state index in [9.17, 15) is 21.6 Å². The summed E-state index contributed by atoms with van der Waals surface area (Å²) in [4.78, 5) is -0.0648. The number of methoxy groups -OCH3 is 1. The van der Waals surface area contributed by atoms with Crippen LogP contribution in [0.1, 0.15) is 12.8 Å². The first kappa shape index (κ1) is 17.0. The quantitative estimate of drug-likeness (QED) is 0.827. The molecule has 0 bridgehead atoms. The van der Waals surface area contributed by atoms with Crippen LogP contribution in [-0.2, 0) is 14.8 Å². The standard InChI is InChI=1S/C13H16F3NO4S/c1-20-9-10-3-2-8-17(10)22(18,19)12-6-4-11(5-7-12)21-13(14,15)16/h4-7,10H,2-3,8-9H2,1H3/t10-/m0/s1. The van der Waals surface area contributed by atoms with Crippen molar-refractivity contribution < 1.29 is 31.1 Å². The van der Waals surface area contributed by atoms with Gasteiger partial charge in [-0.05, 0) is 37.1 Å². The fourth-order valence-electron chi connectivity index (χ4n) is 2.43. The molecule has 0 spiro atoms. The Hall–Kier alpha value is -1.32. The van der Waals surface area contributed by atoms with Crippen molar-refractivity contribution in [2.75, 3.05) is 20.3 Å². The van der Waals surface area contributed by atoms with Gasteiger partial charge >= 0.3 is 6.36 Å². The maximum atomic E-state index is 12.5. The average molecular weight is 339 g/mol. The second-order valence-corrected chi connectivity index (χ2v) is 6.78. The van der Waals surface area contributed by atoms with Crippen molar-refractivity contribution in [3.8, 4) is 5.75 Å². The van der Waals surface area contributed by atoms with Crippen LogP contribution in [0.15, 0.2) is 29.2 Å². The van der Waals surface area contributed by atoms with E-state index in [1.54, 1.807) is 0 Å². The summed E-state index contributed by atoms with van der Waals surface area (Å²) in [6.45, 7) is 0.658. The number of ether oxygens (including phenoxy) is 2. The molecule has 2 rings (SSSR count). The molecule has 124 valence electrons. The zero-order chi connectivity index (χ0) is 16.4. The normalized spacial score (nSPS) is 20.3. The van der Waals surface area contributed by atoms with Crippen LogP contribution in [-0.4, -0.2) is 45.4 Å². The van der Waals surface area contributed by atoms with Gasteiger partial charge in [-0.15, -0.1) is 13.2 Å². The summed E-state index contributed by atoms with van der Waals surface area (Å²) >= 11 is 0. The second-order valence-electron chi connectivity index (χ2n) is 4.89. The Balaban J connectivity index is 2.19. The molecular formula is C13H16F3NO4S. The highest BCUT2D eigenvalue weighted by Crippen LogP contribution is 2.28. The molecule has 9 heteroatoms. The van der Waals surface area contributed by atoms with Crippen molar-refractivity contribution >= 4 is 10.0 Å². The largest absolute Gasteiger partial charge is 0.573 e. The van der Waals surface area contributed by atoms with Crippen molar-refractivity contribution in [1.82, 2.24) is 4.31 Å². The lowest BCUT2D eigenvalue weighted by atomic mass is 10.2. The first-order valence-corrected chi connectivity index (χ1v) is 8.04. The van der Waals surface area contributed by atoms with Gasteiger partial charge in [0.05, 0.1) is 11.5 Å². The molecule has 1 saturated heterocycles. The number of halogens is 3. The molecular weight excluding hydrogens is 323 g/mol. The predicted molar refractivity (Wildman–Crippen MR) is 71.9 cm³/mol. The van der Waals surface area contributed by atoms with Crippen molar-refractivity contribution in [3.05, 3.63) is 24.3 Å². The Morgan fingerprint density at radius 2 is 1.91 bits per heavy atom. The molecule has 22 heavy (non-hydrogen) atoms. The van der Waals surface area contributed by atoms with E-state index in [0.29, 0.717) is 13.0 Å². The monoisotopic (exact) mass is 339 g/mol. The number of alkyl halides is 3. The van der Waals surface area contributed by atoms with Crippen LogP contribution in [0.25, 0.3) is 0 Å². The Morgan fingerprint density at radius 1 is 1.27 bits per heavy atom. The maximum absolute atomic E-state index is 12.5. The van der Waals surface area contributed by atoms with Crippen LogP contribution < -0.4 is 4.74 Å². The summed E-state index contributed by atoms with van der Waals surface area (Å²) in [5.74, 6) is -0.457. The SMILES string of the molecule is COC[C@@H]1CCCN1S(=O)(=O)c1ccc(OC(F)(F)F)cc1. The minimum atomic E-state index is -4.81. The Kier molecular flexibility index (Phi) is 4.98. The zero-order valence-corrected chi connectivity index (χ0v) is 12.7. The van der Waals surface area contributed by atoms with Gasteiger partial charge in [0.25, 0.3) is 0 Å². The van der Waals surface area contributed by atoms with E-state index in [-0.39, 0.29) is 17.5 Å². The van der Waals surface area contributed by atoms with Crippen molar-refractivity contribution in [1.29, 1.82) is 0 Å². The first-order chi connectivity index (χ1) is 10.2. The van der Waals surface area contributed by atoms with Crippen LogP contribution in [0.4, 0.5) is 13.2 Å². The van der Waals surface area contributed by atoms with Gasteiger partial charge in [-0.25, -0.2) is 8.42 Å². The van der Waals surface area contributed by atoms with Gasteiger partial charge in [-0.1, -0.05) is 0 Å². The summed E-state index contributed by atoms with van der Waals surface area (Å²) in [6, 6.07) is 3.95. The molecule has 0 saturated carbocycles. The van der Waals surface area contributed by atoms with E-state index in [1.165, 1.54) is 11.4 Å². The minimum absolute atomic E-state index is 0.0648. The fourth-order valence-corrected chi connectivity index (χ4v) is 4.11. The van der Waals surface area contributed by atoms with Gasteiger partial charge in [0.15, 0.2) is 0 Å². The van der Waals surface area contributed by atoms with E-state index >= 15 is 0 Å². The summed E-state index contributed by atoms with van der Waals surface area (Å²) in [6.07, 6.45) is -3.39. The molecule has 1 aromatic carbocycles. The van der Waals surface area contributed by atoms with Crippen molar-refractivity contribution in [2.45, 2.75) is 30.1 Å². The Morgan fingerprint density at radius 3 is 2.45 bits per heavy atom. The molecule has 0 amide bonds. The molecule has 1 aliphatic heterocycles. The van der Waals surface area contributed by atoms with Gasteiger partial charge in [0.1, 0.15) is 5.75 Å². The molecule has 5 nitrogen and oxygen atoms in total. The van der Waals surface area contributed by atoms with E-state index in [2.05, 4.69) is 4.74 Å². The van der Waals surface area contributed by atoms with Crippen LogP contribution in [0, 0.1) is 0 Å². The molecule has 1 aromatic rings. The molecule has 0 unspecified atom stereocenters. The molecule has 1 heterocycles. The van der Waals surface area contributed by atoms with Crippen molar-refractivity contribution in [3.63, 3.8) is 0 Å². The molecule has 1 fully saturated rings. The molecule has 0 N–H and O–H groups in total. The van der Waals surface area contributed by atoms with Crippen LogP contribution in [0.5, 0.6) is 5.75 Å². The van der Waals surface area contributed by atoms with Gasteiger partial charge in [-0.2, -0.15) is 4.31 Å². The number of hydrogen-bond donors (Lipinski definition) is 0. The highest BCUT2D eigenvalue weighted by molar-refractivity contribution is 7.89. The molecule has 1 atom stereocenters. The minimum Gasteiger partial charge on any atom is -0.406 e. The average Bonchev–Trinajstić information content (AvgIpc) is 2.87. The van der Waals surface area contributed by atoms with E-state index < -0.39 is 22.1 Å². The summed E-state index contributed by atoms with van der Waals surface area (Å²) in [7, 11) is -2.26. The number of rotatable bonds is 5.